The maximum absolute atomic E-state index is 6.50. The molecule has 0 bridgehead atoms. The Labute approximate surface area is 69.0 Å². The van der Waals surface area contributed by atoms with Gasteiger partial charge in [0, 0.05) is 19.0 Å². The molecule has 10 heavy (non-hydrogen) atoms. The van der Waals surface area contributed by atoms with Crippen molar-refractivity contribution in [2.45, 2.75) is 0 Å². The molecule has 1 aromatic rings. The molecule has 1 heterocycles. The molecule has 0 spiro atoms. The van der Waals surface area contributed by atoms with Gasteiger partial charge in [0.15, 0.2) is 0 Å². The van der Waals surface area contributed by atoms with Crippen molar-refractivity contribution < 1.29 is 0 Å². The van der Waals surface area contributed by atoms with E-state index in [2.05, 4.69) is 11.6 Å². The highest BCUT2D eigenvalue weighted by Gasteiger charge is 1.86. The van der Waals surface area contributed by atoms with Gasteiger partial charge in [0.2, 0.25) is 0 Å². The van der Waals surface area contributed by atoms with Gasteiger partial charge in [-0.05, 0) is 6.07 Å². The lowest BCUT2D eigenvalue weighted by Gasteiger charge is -1.85. The fourth-order valence-corrected chi connectivity index (χ4v) is 0.790. The zero-order valence-corrected chi connectivity index (χ0v) is 6.47. The molecule has 0 radical (unpaired) electrons. The minimum absolute atomic E-state index is 0.567. The first kappa shape index (κ1) is 9.22. The summed E-state index contributed by atoms with van der Waals surface area (Å²) < 4.78 is 0. The van der Waals surface area contributed by atoms with Crippen LogP contribution >= 0.6 is 23.2 Å². The van der Waals surface area contributed by atoms with Crippen LogP contribution in [0.5, 0.6) is 0 Å². The zero-order chi connectivity index (χ0) is 7.98. The van der Waals surface area contributed by atoms with Gasteiger partial charge in [-0.3, -0.25) is 4.98 Å². The van der Waals surface area contributed by atoms with Crippen LogP contribution in [0, 0.1) is 11.8 Å². The Balaban J connectivity index is 0.000000371. The van der Waals surface area contributed by atoms with E-state index < -0.39 is 0 Å². The molecule has 0 aliphatic heterocycles. The lowest BCUT2D eigenvalue weighted by Crippen LogP contribution is -1.68. The average Bonchev–Trinajstić information content (AvgIpc) is 1.91. The molecular formula is C6H4Cl2N2. The molecule has 0 aliphatic carbocycles. The molecule has 0 fully saturated rings. The van der Waals surface area contributed by atoms with Gasteiger partial charge in [-0.25, -0.2) is 5.26 Å². The van der Waals surface area contributed by atoms with E-state index in [0.29, 0.717) is 10.0 Å². The Morgan fingerprint density at radius 3 is 1.80 bits per heavy atom. The Hall–Kier alpha value is -0.780. The molecule has 0 aliphatic rings. The van der Waals surface area contributed by atoms with Gasteiger partial charge in [-0.2, -0.15) is 0 Å². The van der Waals surface area contributed by atoms with Gasteiger partial charge in [0.1, 0.15) is 0 Å². The third-order valence-corrected chi connectivity index (χ3v) is 1.08. The molecule has 0 aromatic carbocycles. The van der Waals surface area contributed by atoms with Crippen molar-refractivity contribution in [3.8, 4) is 6.57 Å². The van der Waals surface area contributed by atoms with E-state index >= 15 is 0 Å². The summed E-state index contributed by atoms with van der Waals surface area (Å²) in [5.74, 6) is 0. The number of hydrogen-bond acceptors (Lipinski definition) is 2. The van der Waals surface area contributed by atoms with E-state index in [1.165, 1.54) is 12.4 Å². The Bertz CT molecular complexity index is 205. The maximum Gasteiger partial charge on any atom is 0.0604 e. The van der Waals surface area contributed by atoms with Crippen LogP contribution in [-0.4, -0.2) is 4.98 Å². The molecule has 0 amide bonds. The van der Waals surface area contributed by atoms with Crippen LogP contribution in [-0.2, 0) is 0 Å². The molecule has 2 nitrogen and oxygen atoms in total. The van der Waals surface area contributed by atoms with Gasteiger partial charge in [0.05, 0.1) is 10.0 Å². The molecule has 1 aromatic heterocycles. The van der Waals surface area contributed by atoms with Crippen LogP contribution in [0.4, 0.5) is 0 Å². The summed E-state index contributed by atoms with van der Waals surface area (Å²) in [6.07, 6.45) is 3.07. The molecular weight excluding hydrogens is 171 g/mol. The lowest BCUT2D eigenvalue weighted by molar-refractivity contribution is 1.33. The van der Waals surface area contributed by atoms with Gasteiger partial charge in [0.25, 0.3) is 0 Å². The Morgan fingerprint density at radius 2 is 1.60 bits per heavy atom. The van der Waals surface area contributed by atoms with Crippen LogP contribution in [0.25, 0.3) is 0 Å². The minimum Gasteiger partial charge on any atom is -0.262 e. The summed E-state index contributed by atoms with van der Waals surface area (Å²) in [6.45, 7) is 3.50. The molecule has 1 rings (SSSR count). The van der Waals surface area contributed by atoms with Gasteiger partial charge >= 0.3 is 0 Å². The van der Waals surface area contributed by atoms with Crippen molar-refractivity contribution in [2.24, 2.45) is 0 Å². The summed E-state index contributed by atoms with van der Waals surface area (Å²) >= 11 is 11.0. The quantitative estimate of drug-likeness (QED) is 0.607. The van der Waals surface area contributed by atoms with Crippen LogP contribution in [0.15, 0.2) is 18.5 Å². The zero-order valence-electron chi connectivity index (χ0n) is 4.96. The average molecular weight is 175 g/mol. The normalized spacial score (nSPS) is 7.60. The van der Waals surface area contributed by atoms with Crippen molar-refractivity contribution in [3.63, 3.8) is 0 Å². The van der Waals surface area contributed by atoms with E-state index in [9.17, 15) is 0 Å². The molecule has 0 saturated carbocycles. The standard InChI is InChI=1S/C5H3Cl2N.CHN/c6-4-1-5(7)3-8-2-4;1-2/h1-3H;1H. The van der Waals surface area contributed by atoms with Crippen molar-refractivity contribution in [2.75, 3.05) is 0 Å². The Kier molecular flexibility index (Phi) is 4.65. The molecule has 0 atom stereocenters. The highest BCUT2D eigenvalue weighted by Crippen LogP contribution is 2.11. The van der Waals surface area contributed by atoms with Gasteiger partial charge in [-0.1, -0.05) is 23.2 Å². The molecule has 0 saturated heterocycles. The predicted octanol–water partition coefficient (Wildman–Crippen LogP) is 2.53. The topological polar surface area (TPSA) is 36.7 Å². The summed E-state index contributed by atoms with van der Waals surface area (Å²) in [5, 5.41) is 7.63. The molecule has 0 unspecified atom stereocenters. The lowest BCUT2D eigenvalue weighted by atomic mass is 10.5. The first-order chi connectivity index (χ1) is 4.79. The van der Waals surface area contributed by atoms with Crippen molar-refractivity contribution in [3.05, 3.63) is 28.5 Å². The summed E-state index contributed by atoms with van der Waals surface area (Å²) in [4.78, 5) is 3.72. The van der Waals surface area contributed by atoms with Crippen molar-refractivity contribution in [1.82, 2.24) is 4.98 Å². The van der Waals surface area contributed by atoms with E-state index in [1.807, 2.05) is 0 Å². The third-order valence-electron chi connectivity index (χ3n) is 0.672. The number of pyridine rings is 1. The van der Waals surface area contributed by atoms with E-state index in [1.54, 1.807) is 6.07 Å². The van der Waals surface area contributed by atoms with Crippen molar-refractivity contribution in [1.29, 1.82) is 5.26 Å². The SMILES string of the molecule is C#N.Clc1cncc(Cl)c1. The number of hydrogen-bond donors (Lipinski definition) is 0. The number of rotatable bonds is 0. The van der Waals surface area contributed by atoms with E-state index in [-0.39, 0.29) is 0 Å². The predicted molar refractivity (Wildman–Crippen MR) is 40.9 cm³/mol. The van der Waals surface area contributed by atoms with Gasteiger partial charge < -0.3 is 0 Å². The number of nitriles is 1. The largest absolute Gasteiger partial charge is 0.262 e. The van der Waals surface area contributed by atoms with Crippen molar-refractivity contribution >= 4 is 23.2 Å². The maximum atomic E-state index is 6.50. The van der Waals surface area contributed by atoms with E-state index in [4.69, 9.17) is 28.5 Å². The molecule has 0 N–H and O–H groups in total. The number of nitrogens with zero attached hydrogens (tertiary/aromatic N) is 2. The highest BCUT2D eigenvalue weighted by atomic mass is 35.5. The monoisotopic (exact) mass is 174 g/mol. The second-order valence-electron chi connectivity index (χ2n) is 1.32. The second kappa shape index (κ2) is 5.04. The van der Waals surface area contributed by atoms with Crippen LogP contribution in [0.2, 0.25) is 10.0 Å². The number of aromatic nitrogens is 1. The fraction of sp³-hybridized carbons (Fsp3) is 0. The smallest absolute Gasteiger partial charge is 0.0604 e. The summed E-state index contributed by atoms with van der Waals surface area (Å²) in [6, 6.07) is 1.64. The first-order valence-electron chi connectivity index (χ1n) is 2.31. The van der Waals surface area contributed by atoms with E-state index in [0.717, 1.165) is 0 Å². The second-order valence-corrected chi connectivity index (χ2v) is 2.19. The fourth-order valence-electron chi connectivity index (χ4n) is 0.386. The first-order valence-corrected chi connectivity index (χ1v) is 3.06. The molecule has 4 heteroatoms. The van der Waals surface area contributed by atoms with Crippen LogP contribution < -0.4 is 0 Å². The highest BCUT2D eigenvalue weighted by molar-refractivity contribution is 6.34. The molecule has 52 valence electrons. The van der Waals surface area contributed by atoms with Gasteiger partial charge in [-0.15, -0.1) is 0 Å². The number of halogens is 2. The van der Waals surface area contributed by atoms with Crippen LogP contribution in [0.3, 0.4) is 0 Å². The van der Waals surface area contributed by atoms with Crippen LogP contribution in [0.1, 0.15) is 0 Å². The minimum atomic E-state index is 0.567. The summed E-state index contributed by atoms with van der Waals surface area (Å²) in [7, 11) is 0. The third kappa shape index (κ3) is 3.29. The summed E-state index contributed by atoms with van der Waals surface area (Å²) in [5.41, 5.74) is 0. The Morgan fingerprint density at radius 1 is 1.20 bits per heavy atom.